The zero-order valence-corrected chi connectivity index (χ0v) is 14.2. The molecule has 0 unspecified atom stereocenters. The Bertz CT molecular complexity index is 938. The highest BCUT2D eigenvalue weighted by molar-refractivity contribution is 6.03. The molecule has 7 heteroatoms. The smallest absolute Gasteiger partial charge is 0.276 e. The first kappa shape index (κ1) is 17.5. The van der Waals surface area contributed by atoms with Crippen LogP contribution in [0.15, 0.2) is 48.5 Å². The van der Waals surface area contributed by atoms with Crippen molar-refractivity contribution >= 4 is 23.1 Å². The van der Waals surface area contributed by atoms with Gasteiger partial charge in [-0.25, -0.2) is 8.78 Å². The van der Waals surface area contributed by atoms with Crippen molar-refractivity contribution in [2.24, 2.45) is 0 Å². The van der Waals surface area contributed by atoms with E-state index in [1.807, 2.05) is 32.0 Å². The number of nitrogens with one attached hydrogen (secondary N) is 2. The highest BCUT2D eigenvalue weighted by Gasteiger charge is 2.12. The number of rotatable bonds is 4. The molecule has 1 aromatic heterocycles. The van der Waals surface area contributed by atoms with Crippen molar-refractivity contribution in [2.75, 3.05) is 10.6 Å². The molecule has 5 nitrogen and oxygen atoms in total. The van der Waals surface area contributed by atoms with Crippen LogP contribution in [0.5, 0.6) is 0 Å². The summed E-state index contributed by atoms with van der Waals surface area (Å²) in [5.74, 6) is -1.57. The van der Waals surface area contributed by atoms with Crippen LogP contribution in [0, 0.1) is 25.5 Å². The summed E-state index contributed by atoms with van der Waals surface area (Å²) in [6.07, 6.45) is 0. The number of anilines is 3. The highest BCUT2D eigenvalue weighted by atomic mass is 19.1. The molecule has 0 atom stereocenters. The van der Waals surface area contributed by atoms with Gasteiger partial charge in [0, 0.05) is 11.8 Å². The number of carbonyl (C=O) groups is 1. The van der Waals surface area contributed by atoms with Gasteiger partial charge in [-0.3, -0.25) is 4.79 Å². The summed E-state index contributed by atoms with van der Waals surface area (Å²) in [6.45, 7) is 3.80. The van der Waals surface area contributed by atoms with Gasteiger partial charge >= 0.3 is 0 Å². The molecule has 3 rings (SSSR count). The molecule has 1 heterocycles. The highest BCUT2D eigenvalue weighted by Crippen LogP contribution is 2.21. The molecule has 0 radical (unpaired) electrons. The minimum Gasteiger partial charge on any atom is -0.336 e. The van der Waals surface area contributed by atoms with Gasteiger partial charge in [0.05, 0.1) is 5.69 Å². The average Bonchev–Trinajstić information content (AvgIpc) is 2.61. The maximum absolute atomic E-state index is 13.6. The molecule has 0 spiro atoms. The van der Waals surface area contributed by atoms with Crippen molar-refractivity contribution in [3.8, 4) is 0 Å². The van der Waals surface area contributed by atoms with Crippen molar-refractivity contribution in [2.45, 2.75) is 13.8 Å². The van der Waals surface area contributed by atoms with Gasteiger partial charge in [0.15, 0.2) is 11.5 Å². The minimum absolute atomic E-state index is 0.0634. The Morgan fingerprint density at radius 3 is 2.31 bits per heavy atom. The van der Waals surface area contributed by atoms with E-state index in [1.54, 1.807) is 0 Å². The molecule has 0 aliphatic rings. The van der Waals surface area contributed by atoms with Crippen LogP contribution in [0.4, 0.5) is 26.0 Å². The van der Waals surface area contributed by atoms with Crippen molar-refractivity contribution in [1.82, 2.24) is 10.2 Å². The summed E-state index contributed by atoms with van der Waals surface area (Å²) in [4.78, 5) is 12.3. The van der Waals surface area contributed by atoms with Gasteiger partial charge in [0.1, 0.15) is 11.6 Å². The van der Waals surface area contributed by atoms with Crippen LogP contribution in [0.2, 0.25) is 0 Å². The first-order valence-corrected chi connectivity index (χ1v) is 7.87. The summed E-state index contributed by atoms with van der Waals surface area (Å²) in [5.41, 5.74) is 2.80. The van der Waals surface area contributed by atoms with E-state index in [4.69, 9.17) is 0 Å². The predicted molar refractivity (Wildman–Crippen MR) is 95.5 cm³/mol. The van der Waals surface area contributed by atoms with Gasteiger partial charge in [0.25, 0.3) is 5.91 Å². The van der Waals surface area contributed by atoms with Gasteiger partial charge < -0.3 is 10.6 Å². The SMILES string of the molecule is Cc1cccc(C)c1NC(=O)c1ccc(Nc2ccc(F)cc2F)nn1. The molecule has 0 saturated heterocycles. The lowest BCUT2D eigenvalue weighted by molar-refractivity contribution is 0.102. The number of nitrogens with zero attached hydrogens (tertiary/aromatic N) is 2. The average molecular weight is 354 g/mol. The Morgan fingerprint density at radius 2 is 1.69 bits per heavy atom. The first-order valence-electron chi connectivity index (χ1n) is 7.87. The molecule has 3 aromatic rings. The third kappa shape index (κ3) is 3.83. The molecule has 0 aliphatic heterocycles. The monoisotopic (exact) mass is 354 g/mol. The normalized spacial score (nSPS) is 10.5. The van der Waals surface area contributed by atoms with E-state index < -0.39 is 17.5 Å². The van der Waals surface area contributed by atoms with Crippen molar-refractivity contribution in [1.29, 1.82) is 0 Å². The molecular formula is C19H16F2N4O. The van der Waals surface area contributed by atoms with E-state index >= 15 is 0 Å². The van der Waals surface area contributed by atoms with E-state index in [0.29, 0.717) is 0 Å². The number of hydrogen-bond donors (Lipinski definition) is 2. The molecule has 1 amide bonds. The Hall–Kier alpha value is -3.35. The van der Waals surface area contributed by atoms with E-state index in [1.165, 1.54) is 18.2 Å². The van der Waals surface area contributed by atoms with Crippen LogP contribution in [-0.2, 0) is 0 Å². The van der Waals surface area contributed by atoms with E-state index in [2.05, 4.69) is 20.8 Å². The van der Waals surface area contributed by atoms with E-state index in [0.717, 1.165) is 28.9 Å². The van der Waals surface area contributed by atoms with Gasteiger partial charge in [-0.2, -0.15) is 0 Å². The number of para-hydroxylation sites is 1. The molecule has 2 N–H and O–H groups in total. The van der Waals surface area contributed by atoms with Crippen LogP contribution < -0.4 is 10.6 Å². The largest absolute Gasteiger partial charge is 0.336 e. The van der Waals surface area contributed by atoms with Crippen LogP contribution in [-0.4, -0.2) is 16.1 Å². The number of amides is 1. The minimum atomic E-state index is -0.747. The Morgan fingerprint density at radius 1 is 0.962 bits per heavy atom. The van der Waals surface area contributed by atoms with Crippen molar-refractivity contribution in [3.05, 3.63) is 77.0 Å². The van der Waals surface area contributed by atoms with Gasteiger partial charge in [-0.15, -0.1) is 10.2 Å². The van der Waals surface area contributed by atoms with E-state index in [9.17, 15) is 13.6 Å². The Balaban J connectivity index is 1.74. The van der Waals surface area contributed by atoms with Crippen LogP contribution >= 0.6 is 0 Å². The summed E-state index contributed by atoms with van der Waals surface area (Å²) >= 11 is 0. The van der Waals surface area contributed by atoms with Gasteiger partial charge in [-0.05, 0) is 49.2 Å². The number of carbonyl (C=O) groups excluding carboxylic acids is 1. The van der Waals surface area contributed by atoms with Crippen molar-refractivity contribution < 1.29 is 13.6 Å². The Kier molecular flexibility index (Phi) is 4.88. The fourth-order valence-corrected chi connectivity index (χ4v) is 2.44. The molecule has 2 aromatic carbocycles. The zero-order chi connectivity index (χ0) is 18.7. The molecule has 0 aliphatic carbocycles. The summed E-state index contributed by atoms with van der Waals surface area (Å²) in [5, 5.41) is 13.2. The lowest BCUT2D eigenvalue weighted by atomic mass is 10.1. The van der Waals surface area contributed by atoms with Crippen molar-refractivity contribution in [3.63, 3.8) is 0 Å². The molecule has 0 fully saturated rings. The summed E-state index contributed by atoms with van der Waals surface area (Å²) < 4.78 is 26.6. The molecule has 0 bridgehead atoms. The van der Waals surface area contributed by atoms with Crippen LogP contribution in [0.25, 0.3) is 0 Å². The first-order chi connectivity index (χ1) is 12.4. The quantitative estimate of drug-likeness (QED) is 0.730. The summed E-state index contributed by atoms with van der Waals surface area (Å²) in [6, 6.07) is 11.8. The lowest BCUT2D eigenvalue weighted by Gasteiger charge is -2.11. The maximum Gasteiger partial charge on any atom is 0.276 e. The number of benzene rings is 2. The number of hydrogen-bond acceptors (Lipinski definition) is 4. The van der Waals surface area contributed by atoms with Crippen LogP contribution in [0.1, 0.15) is 21.6 Å². The summed E-state index contributed by atoms with van der Waals surface area (Å²) in [7, 11) is 0. The third-order valence-corrected chi connectivity index (χ3v) is 3.81. The molecule has 0 saturated carbocycles. The molecule has 132 valence electrons. The van der Waals surface area contributed by atoms with E-state index in [-0.39, 0.29) is 17.2 Å². The molecular weight excluding hydrogens is 338 g/mol. The third-order valence-electron chi connectivity index (χ3n) is 3.81. The van der Waals surface area contributed by atoms with Gasteiger partial charge in [0.2, 0.25) is 0 Å². The second-order valence-corrected chi connectivity index (χ2v) is 5.77. The second kappa shape index (κ2) is 7.26. The Labute approximate surface area is 149 Å². The standard InChI is InChI=1S/C19H16F2N4O/c1-11-4-3-5-12(2)18(11)23-19(26)16-8-9-17(25-24-16)22-15-7-6-13(20)10-14(15)21/h3-10H,1-2H3,(H,22,25)(H,23,26). The number of halogens is 2. The second-order valence-electron chi connectivity index (χ2n) is 5.77. The fraction of sp³-hybridized carbons (Fsp3) is 0.105. The predicted octanol–water partition coefficient (Wildman–Crippen LogP) is 4.37. The zero-order valence-electron chi connectivity index (χ0n) is 14.2. The number of aryl methyl sites for hydroxylation is 2. The molecule has 26 heavy (non-hydrogen) atoms. The van der Waals surface area contributed by atoms with Crippen LogP contribution in [0.3, 0.4) is 0 Å². The lowest BCUT2D eigenvalue weighted by Crippen LogP contribution is -2.16. The van der Waals surface area contributed by atoms with Gasteiger partial charge in [-0.1, -0.05) is 18.2 Å². The maximum atomic E-state index is 13.6. The fourth-order valence-electron chi connectivity index (χ4n) is 2.44. The number of aromatic nitrogens is 2. The topological polar surface area (TPSA) is 66.9 Å².